The van der Waals surface area contributed by atoms with Gasteiger partial charge in [0, 0.05) is 17.8 Å². The van der Waals surface area contributed by atoms with Gasteiger partial charge in [0.25, 0.3) is 10.0 Å². The molecule has 1 N–H and O–H groups in total. The van der Waals surface area contributed by atoms with Crippen molar-refractivity contribution in [2.24, 2.45) is 0 Å². The van der Waals surface area contributed by atoms with Gasteiger partial charge >= 0.3 is 0 Å². The Labute approximate surface area is 151 Å². The standard InChI is InChI=1S/C17H15ClN4O2S/c1-22(14-7-3-2-4-8-14)17-11-10-16(19-20-17)21-25(23,24)15-9-5-6-13(18)12-15/h2-12H,1H3,(H,19,21). The van der Waals surface area contributed by atoms with Gasteiger partial charge in [0.05, 0.1) is 4.90 Å². The van der Waals surface area contributed by atoms with Gasteiger partial charge in [-0.3, -0.25) is 4.72 Å². The monoisotopic (exact) mass is 374 g/mol. The molecule has 0 atom stereocenters. The van der Waals surface area contributed by atoms with E-state index in [1.165, 1.54) is 12.1 Å². The van der Waals surface area contributed by atoms with Crippen LogP contribution in [0.2, 0.25) is 5.02 Å². The van der Waals surface area contributed by atoms with Crippen LogP contribution in [0.5, 0.6) is 0 Å². The highest BCUT2D eigenvalue weighted by atomic mass is 35.5. The van der Waals surface area contributed by atoms with E-state index in [2.05, 4.69) is 14.9 Å². The highest BCUT2D eigenvalue weighted by Gasteiger charge is 2.16. The Morgan fingerprint density at radius 3 is 2.36 bits per heavy atom. The van der Waals surface area contributed by atoms with Crippen molar-refractivity contribution in [3.63, 3.8) is 0 Å². The van der Waals surface area contributed by atoms with Gasteiger partial charge in [-0.2, -0.15) is 0 Å². The summed E-state index contributed by atoms with van der Waals surface area (Å²) in [5.41, 5.74) is 0.948. The highest BCUT2D eigenvalue weighted by molar-refractivity contribution is 7.92. The van der Waals surface area contributed by atoms with Crippen LogP contribution in [0, 0.1) is 0 Å². The number of hydrogen-bond acceptors (Lipinski definition) is 5. The molecule has 0 radical (unpaired) electrons. The zero-order valence-corrected chi connectivity index (χ0v) is 14.9. The van der Waals surface area contributed by atoms with Crippen LogP contribution in [0.25, 0.3) is 0 Å². The average Bonchev–Trinajstić information content (AvgIpc) is 2.62. The highest BCUT2D eigenvalue weighted by Crippen LogP contribution is 2.22. The van der Waals surface area contributed by atoms with E-state index in [4.69, 9.17) is 11.6 Å². The van der Waals surface area contributed by atoms with Crippen LogP contribution in [0.15, 0.2) is 71.6 Å². The van der Waals surface area contributed by atoms with Crippen LogP contribution in [-0.4, -0.2) is 25.7 Å². The molecular formula is C17H15ClN4O2S. The summed E-state index contributed by atoms with van der Waals surface area (Å²) in [5, 5.41) is 8.36. The summed E-state index contributed by atoms with van der Waals surface area (Å²) >= 11 is 5.84. The van der Waals surface area contributed by atoms with Crippen LogP contribution in [-0.2, 0) is 10.0 Å². The van der Waals surface area contributed by atoms with Gasteiger partial charge in [0.15, 0.2) is 11.6 Å². The molecule has 6 nitrogen and oxygen atoms in total. The predicted molar refractivity (Wildman–Crippen MR) is 98.8 cm³/mol. The van der Waals surface area contributed by atoms with Crippen molar-refractivity contribution in [2.45, 2.75) is 4.90 Å². The number of nitrogens with zero attached hydrogens (tertiary/aromatic N) is 3. The molecule has 0 bridgehead atoms. The van der Waals surface area contributed by atoms with Crippen LogP contribution in [0.1, 0.15) is 0 Å². The van der Waals surface area contributed by atoms with Crippen molar-refractivity contribution in [1.82, 2.24) is 10.2 Å². The normalized spacial score (nSPS) is 11.1. The number of aromatic nitrogens is 2. The Morgan fingerprint density at radius 1 is 0.960 bits per heavy atom. The third-order valence-electron chi connectivity index (χ3n) is 3.48. The first-order chi connectivity index (χ1) is 12.0. The van der Waals surface area contributed by atoms with Gasteiger partial charge in [0.2, 0.25) is 0 Å². The summed E-state index contributed by atoms with van der Waals surface area (Å²) < 4.78 is 27.1. The van der Waals surface area contributed by atoms with Crippen molar-refractivity contribution >= 4 is 38.9 Å². The number of hydrogen-bond donors (Lipinski definition) is 1. The molecule has 0 saturated heterocycles. The lowest BCUT2D eigenvalue weighted by Gasteiger charge is -2.17. The van der Waals surface area contributed by atoms with Crippen LogP contribution in [0.3, 0.4) is 0 Å². The molecular weight excluding hydrogens is 360 g/mol. The smallest absolute Gasteiger partial charge is 0.263 e. The molecule has 0 spiro atoms. The fourth-order valence-electron chi connectivity index (χ4n) is 2.17. The maximum atomic E-state index is 12.3. The van der Waals surface area contributed by atoms with E-state index >= 15 is 0 Å². The molecule has 1 heterocycles. The summed E-state index contributed by atoms with van der Waals surface area (Å²) in [6.45, 7) is 0. The number of halogens is 1. The first-order valence-corrected chi connectivity index (χ1v) is 9.23. The zero-order chi connectivity index (χ0) is 17.9. The molecule has 8 heteroatoms. The van der Waals surface area contributed by atoms with Gasteiger partial charge in [0.1, 0.15) is 0 Å². The molecule has 0 aliphatic carbocycles. The summed E-state index contributed by atoms with van der Waals surface area (Å²) in [6.07, 6.45) is 0. The molecule has 0 amide bonds. The molecule has 0 aliphatic heterocycles. The number of sulfonamides is 1. The number of benzene rings is 2. The molecule has 0 fully saturated rings. The molecule has 2 aromatic carbocycles. The van der Waals surface area contributed by atoms with Crippen LogP contribution < -0.4 is 9.62 Å². The first kappa shape index (κ1) is 17.2. The molecule has 0 aliphatic rings. The minimum absolute atomic E-state index is 0.0623. The van der Waals surface area contributed by atoms with Gasteiger partial charge < -0.3 is 4.90 Å². The van der Waals surface area contributed by atoms with E-state index in [0.717, 1.165) is 5.69 Å². The summed E-state index contributed by atoms with van der Waals surface area (Å²) in [4.78, 5) is 1.91. The maximum absolute atomic E-state index is 12.3. The van der Waals surface area contributed by atoms with Crippen molar-refractivity contribution in [3.8, 4) is 0 Å². The second-order valence-corrected chi connectivity index (χ2v) is 7.35. The van der Waals surface area contributed by atoms with Crippen molar-refractivity contribution in [2.75, 3.05) is 16.7 Å². The summed E-state index contributed by atoms with van der Waals surface area (Å²) in [6, 6.07) is 18.9. The number of para-hydroxylation sites is 1. The van der Waals surface area contributed by atoms with Crippen molar-refractivity contribution in [1.29, 1.82) is 0 Å². The number of rotatable bonds is 5. The van der Waals surface area contributed by atoms with Crippen molar-refractivity contribution in [3.05, 3.63) is 71.8 Å². The van der Waals surface area contributed by atoms with Crippen molar-refractivity contribution < 1.29 is 8.42 Å². The fraction of sp³-hybridized carbons (Fsp3) is 0.0588. The average molecular weight is 375 g/mol. The molecule has 1 aromatic heterocycles. The Balaban J connectivity index is 1.79. The SMILES string of the molecule is CN(c1ccccc1)c1ccc(NS(=O)(=O)c2cccc(Cl)c2)nn1. The minimum atomic E-state index is -3.77. The minimum Gasteiger partial charge on any atom is -0.328 e. The lowest BCUT2D eigenvalue weighted by Crippen LogP contribution is -2.16. The lowest BCUT2D eigenvalue weighted by atomic mass is 10.3. The Morgan fingerprint density at radius 2 is 1.72 bits per heavy atom. The molecule has 0 saturated carbocycles. The predicted octanol–water partition coefficient (Wildman–Crippen LogP) is 3.70. The lowest BCUT2D eigenvalue weighted by molar-refractivity contribution is 0.601. The second-order valence-electron chi connectivity index (χ2n) is 5.23. The van der Waals surface area contributed by atoms with Gasteiger partial charge in [-0.15, -0.1) is 10.2 Å². The Hall–Kier alpha value is -2.64. The molecule has 128 valence electrons. The van der Waals surface area contributed by atoms with Crippen LogP contribution in [0.4, 0.5) is 17.3 Å². The Kier molecular flexibility index (Phi) is 4.87. The van der Waals surface area contributed by atoms with E-state index in [-0.39, 0.29) is 10.7 Å². The third-order valence-corrected chi connectivity index (χ3v) is 5.07. The van der Waals surface area contributed by atoms with E-state index in [9.17, 15) is 8.42 Å². The summed E-state index contributed by atoms with van der Waals surface area (Å²) in [5.74, 6) is 0.724. The third kappa shape index (κ3) is 4.07. The molecule has 3 rings (SSSR count). The number of anilines is 3. The zero-order valence-electron chi connectivity index (χ0n) is 13.3. The fourth-order valence-corrected chi connectivity index (χ4v) is 3.47. The summed E-state index contributed by atoms with van der Waals surface area (Å²) in [7, 11) is -1.92. The van der Waals surface area contributed by atoms with Gasteiger partial charge in [-0.05, 0) is 42.5 Å². The quantitative estimate of drug-likeness (QED) is 0.737. The van der Waals surface area contributed by atoms with Gasteiger partial charge in [-0.25, -0.2) is 8.42 Å². The van der Waals surface area contributed by atoms with E-state index < -0.39 is 10.0 Å². The largest absolute Gasteiger partial charge is 0.328 e. The van der Waals surface area contributed by atoms with Gasteiger partial charge in [-0.1, -0.05) is 35.9 Å². The topological polar surface area (TPSA) is 75.2 Å². The number of nitrogens with one attached hydrogen (secondary N) is 1. The van der Waals surface area contributed by atoms with E-state index in [1.54, 1.807) is 24.3 Å². The Bertz CT molecular complexity index is 963. The second kappa shape index (κ2) is 7.08. The van der Waals surface area contributed by atoms with E-state index in [0.29, 0.717) is 10.8 Å². The molecule has 3 aromatic rings. The van der Waals surface area contributed by atoms with Crippen LogP contribution >= 0.6 is 11.6 Å². The molecule has 0 unspecified atom stereocenters. The molecule has 25 heavy (non-hydrogen) atoms. The van der Waals surface area contributed by atoms with E-state index in [1.807, 2.05) is 42.3 Å². The first-order valence-electron chi connectivity index (χ1n) is 7.36. The maximum Gasteiger partial charge on any atom is 0.263 e.